The predicted molar refractivity (Wildman–Crippen MR) is 61.8 cm³/mol. The van der Waals surface area contributed by atoms with E-state index in [2.05, 4.69) is 6.07 Å². The molecule has 0 atom stereocenters. The van der Waals surface area contributed by atoms with Gasteiger partial charge in [-0.1, -0.05) is 29.8 Å². The number of nitriles is 1. The van der Waals surface area contributed by atoms with E-state index < -0.39 is 0 Å². The molecule has 0 aliphatic rings. The van der Waals surface area contributed by atoms with Crippen molar-refractivity contribution in [3.05, 3.63) is 47.2 Å². The summed E-state index contributed by atoms with van der Waals surface area (Å²) in [5.41, 5.74) is 2.04. The molecule has 1 heterocycles. The number of hydrogen-bond donors (Lipinski definition) is 1. The standard InChI is InChI=1S/C12H9ClN2O/c13-12-4-2-1-3-10(12)11-7-15(8-16)6-9(11)5-14/h1-4,6-7,16H,8H2. The SMILES string of the molecule is N#Cc1cn(CO)cc1-c1ccccc1Cl. The quantitative estimate of drug-likeness (QED) is 0.865. The summed E-state index contributed by atoms with van der Waals surface area (Å²) in [6.45, 7) is -0.154. The normalized spacial score (nSPS) is 10.1. The van der Waals surface area contributed by atoms with Crippen LogP contribution in [0.2, 0.25) is 5.02 Å². The van der Waals surface area contributed by atoms with E-state index in [-0.39, 0.29) is 6.73 Å². The van der Waals surface area contributed by atoms with Crippen LogP contribution < -0.4 is 0 Å². The summed E-state index contributed by atoms with van der Waals surface area (Å²) < 4.78 is 1.54. The molecule has 0 aliphatic heterocycles. The fourth-order valence-electron chi connectivity index (χ4n) is 1.57. The van der Waals surface area contributed by atoms with Crippen molar-refractivity contribution in [2.45, 2.75) is 6.73 Å². The zero-order valence-corrected chi connectivity index (χ0v) is 9.15. The number of aliphatic hydroxyl groups excluding tert-OH is 1. The third-order valence-electron chi connectivity index (χ3n) is 2.33. The van der Waals surface area contributed by atoms with Crippen LogP contribution in [0.4, 0.5) is 0 Å². The van der Waals surface area contributed by atoms with Crippen LogP contribution in [0.1, 0.15) is 5.56 Å². The van der Waals surface area contributed by atoms with Gasteiger partial charge in [-0.05, 0) is 6.07 Å². The Morgan fingerprint density at radius 1 is 1.25 bits per heavy atom. The molecule has 1 aromatic carbocycles. The Hall–Kier alpha value is -1.76. The Bertz CT molecular complexity index is 554. The van der Waals surface area contributed by atoms with Gasteiger partial charge in [-0.15, -0.1) is 0 Å². The highest BCUT2D eigenvalue weighted by molar-refractivity contribution is 6.33. The number of rotatable bonds is 2. The van der Waals surface area contributed by atoms with E-state index in [0.717, 1.165) is 11.1 Å². The molecule has 0 spiro atoms. The van der Waals surface area contributed by atoms with Crippen LogP contribution in [-0.2, 0) is 6.73 Å². The van der Waals surface area contributed by atoms with Crippen molar-refractivity contribution in [1.82, 2.24) is 4.57 Å². The van der Waals surface area contributed by atoms with E-state index >= 15 is 0 Å². The zero-order chi connectivity index (χ0) is 11.5. The van der Waals surface area contributed by atoms with E-state index in [1.54, 1.807) is 18.5 Å². The number of nitrogens with zero attached hydrogens (tertiary/aromatic N) is 2. The molecule has 80 valence electrons. The molecule has 0 fully saturated rings. The van der Waals surface area contributed by atoms with E-state index in [9.17, 15) is 0 Å². The minimum Gasteiger partial charge on any atom is -0.376 e. The third-order valence-corrected chi connectivity index (χ3v) is 2.66. The van der Waals surface area contributed by atoms with Crippen molar-refractivity contribution < 1.29 is 5.11 Å². The molecule has 0 bridgehead atoms. The summed E-state index contributed by atoms with van der Waals surface area (Å²) in [6, 6.07) is 9.40. The molecule has 0 saturated carbocycles. The second kappa shape index (κ2) is 4.40. The van der Waals surface area contributed by atoms with Crippen molar-refractivity contribution in [3.8, 4) is 17.2 Å². The van der Waals surface area contributed by atoms with Gasteiger partial charge in [0.05, 0.1) is 5.56 Å². The highest BCUT2D eigenvalue weighted by Crippen LogP contribution is 2.30. The first-order valence-corrected chi connectivity index (χ1v) is 5.09. The number of benzene rings is 1. The van der Waals surface area contributed by atoms with Crippen molar-refractivity contribution in [2.75, 3.05) is 0 Å². The Balaban J connectivity index is 2.60. The molecule has 1 N–H and O–H groups in total. The number of aliphatic hydroxyl groups is 1. The lowest BCUT2D eigenvalue weighted by Crippen LogP contribution is -1.90. The van der Waals surface area contributed by atoms with Gasteiger partial charge in [0.25, 0.3) is 0 Å². The number of aromatic nitrogens is 1. The molecule has 0 radical (unpaired) electrons. The summed E-state index contributed by atoms with van der Waals surface area (Å²) in [5.74, 6) is 0. The highest BCUT2D eigenvalue weighted by Gasteiger charge is 2.10. The average Bonchev–Trinajstić information content (AvgIpc) is 2.72. The Morgan fingerprint density at radius 3 is 2.62 bits per heavy atom. The van der Waals surface area contributed by atoms with Crippen LogP contribution >= 0.6 is 11.6 Å². The maximum Gasteiger partial charge on any atom is 0.119 e. The molecule has 0 amide bonds. The van der Waals surface area contributed by atoms with Gasteiger partial charge in [0.2, 0.25) is 0 Å². The van der Waals surface area contributed by atoms with Crippen molar-refractivity contribution in [2.24, 2.45) is 0 Å². The molecule has 4 heteroatoms. The van der Waals surface area contributed by atoms with Gasteiger partial charge in [-0.3, -0.25) is 0 Å². The lowest BCUT2D eigenvalue weighted by Gasteiger charge is -2.01. The molecule has 2 aromatic rings. The molecule has 0 saturated heterocycles. The molecular formula is C12H9ClN2O. The predicted octanol–water partition coefficient (Wildman–Crippen LogP) is 2.63. The van der Waals surface area contributed by atoms with Crippen molar-refractivity contribution in [3.63, 3.8) is 0 Å². The minimum absolute atomic E-state index is 0.154. The Labute approximate surface area is 98.1 Å². The maximum absolute atomic E-state index is 9.01. The Kier molecular flexibility index (Phi) is 2.95. The zero-order valence-electron chi connectivity index (χ0n) is 8.39. The van der Waals surface area contributed by atoms with Crippen LogP contribution in [0.3, 0.4) is 0 Å². The molecule has 3 nitrogen and oxygen atoms in total. The fraction of sp³-hybridized carbons (Fsp3) is 0.0833. The number of halogens is 1. The minimum atomic E-state index is -0.154. The van der Waals surface area contributed by atoms with Gasteiger partial charge in [-0.25, -0.2) is 0 Å². The van der Waals surface area contributed by atoms with Crippen molar-refractivity contribution >= 4 is 11.6 Å². The molecule has 0 unspecified atom stereocenters. The van der Waals surface area contributed by atoms with Crippen LogP contribution in [0, 0.1) is 11.3 Å². The van der Waals surface area contributed by atoms with Gasteiger partial charge in [-0.2, -0.15) is 5.26 Å². The van der Waals surface area contributed by atoms with E-state index in [1.165, 1.54) is 4.57 Å². The summed E-state index contributed by atoms with van der Waals surface area (Å²) in [6.07, 6.45) is 3.30. The first-order valence-electron chi connectivity index (χ1n) is 4.72. The third kappa shape index (κ3) is 1.81. The van der Waals surface area contributed by atoms with E-state index in [0.29, 0.717) is 10.6 Å². The first kappa shape index (κ1) is 10.7. The lowest BCUT2D eigenvalue weighted by molar-refractivity contribution is 0.211. The van der Waals surface area contributed by atoms with Crippen LogP contribution in [-0.4, -0.2) is 9.67 Å². The number of hydrogen-bond acceptors (Lipinski definition) is 2. The summed E-state index contributed by atoms with van der Waals surface area (Å²) >= 11 is 6.06. The Morgan fingerprint density at radius 2 is 2.00 bits per heavy atom. The van der Waals surface area contributed by atoms with Gasteiger partial charge >= 0.3 is 0 Å². The molecule has 1 aromatic heterocycles. The molecule has 16 heavy (non-hydrogen) atoms. The molecule has 0 aliphatic carbocycles. The van der Waals surface area contributed by atoms with Crippen LogP contribution in [0.25, 0.3) is 11.1 Å². The second-order valence-corrected chi connectivity index (χ2v) is 3.74. The smallest absolute Gasteiger partial charge is 0.119 e. The van der Waals surface area contributed by atoms with Gasteiger partial charge < -0.3 is 9.67 Å². The van der Waals surface area contributed by atoms with Gasteiger partial charge in [0, 0.05) is 28.5 Å². The summed E-state index contributed by atoms with van der Waals surface area (Å²) in [5, 5.41) is 18.6. The van der Waals surface area contributed by atoms with Crippen LogP contribution in [0.5, 0.6) is 0 Å². The average molecular weight is 233 g/mol. The lowest BCUT2D eigenvalue weighted by atomic mass is 10.1. The van der Waals surface area contributed by atoms with E-state index in [4.69, 9.17) is 22.0 Å². The van der Waals surface area contributed by atoms with Gasteiger partial charge in [0.15, 0.2) is 0 Å². The molecule has 2 rings (SSSR count). The van der Waals surface area contributed by atoms with E-state index in [1.807, 2.05) is 18.2 Å². The largest absolute Gasteiger partial charge is 0.376 e. The fourth-order valence-corrected chi connectivity index (χ4v) is 1.81. The van der Waals surface area contributed by atoms with Gasteiger partial charge in [0.1, 0.15) is 12.8 Å². The second-order valence-electron chi connectivity index (χ2n) is 3.33. The topological polar surface area (TPSA) is 49.0 Å². The highest BCUT2D eigenvalue weighted by atomic mass is 35.5. The first-order chi connectivity index (χ1) is 7.76. The maximum atomic E-state index is 9.01. The van der Waals surface area contributed by atoms with Crippen molar-refractivity contribution in [1.29, 1.82) is 5.26 Å². The van der Waals surface area contributed by atoms with Crippen LogP contribution in [0.15, 0.2) is 36.7 Å². The summed E-state index contributed by atoms with van der Waals surface area (Å²) in [7, 11) is 0. The monoisotopic (exact) mass is 232 g/mol. The summed E-state index contributed by atoms with van der Waals surface area (Å²) in [4.78, 5) is 0. The molecular weight excluding hydrogens is 224 g/mol.